The zero-order valence-electron chi connectivity index (χ0n) is 16.1. The van der Waals surface area contributed by atoms with Crippen LogP contribution in [0.25, 0.3) is 0 Å². The van der Waals surface area contributed by atoms with E-state index in [0.29, 0.717) is 44.9 Å². The number of rotatable bonds is 3. The number of hydrogen-bond donors (Lipinski definition) is 1. The lowest BCUT2D eigenvalue weighted by Gasteiger charge is -2.45. The van der Waals surface area contributed by atoms with Crippen LogP contribution in [0.3, 0.4) is 0 Å². The Balaban J connectivity index is 1.75. The molecule has 1 aromatic heterocycles. The first-order valence-corrected chi connectivity index (χ1v) is 9.26. The maximum absolute atomic E-state index is 12.6. The first kappa shape index (κ1) is 18.7. The lowest BCUT2D eigenvalue weighted by atomic mass is 9.88. The topological polar surface area (TPSA) is 79.7 Å². The van der Waals surface area contributed by atoms with Crippen molar-refractivity contribution in [2.45, 2.75) is 44.9 Å². The van der Waals surface area contributed by atoms with E-state index in [0.717, 1.165) is 5.82 Å². The van der Waals surface area contributed by atoms with E-state index in [1.165, 1.54) is 0 Å². The molecule has 1 fully saturated rings. The third-order valence-electron chi connectivity index (χ3n) is 5.05. The number of likely N-dealkylation sites (tertiary alicyclic amines) is 1. The van der Waals surface area contributed by atoms with Gasteiger partial charge in [0.2, 0.25) is 0 Å². The van der Waals surface area contributed by atoms with E-state index in [1.54, 1.807) is 25.2 Å². The van der Waals surface area contributed by atoms with Gasteiger partial charge in [0.05, 0.1) is 6.54 Å². The molecule has 1 atom stereocenters. The number of aromatic nitrogens is 2. The number of nitrogens with zero attached hydrogens (tertiary/aromatic N) is 4. The fraction of sp³-hybridized carbons (Fsp3) is 0.722. The van der Waals surface area contributed by atoms with Crippen molar-refractivity contribution < 1.29 is 14.3 Å². The van der Waals surface area contributed by atoms with E-state index < -0.39 is 11.7 Å². The third-order valence-corrected chi connectivity index (χ3v) is 5.05. The molecule has 1 N–H and O–H groups in total. The molecule has 1 saturated heterocycles. The Bertz CT molecular complexity index is 662. The van der Waals surface area contributed by atoms with Gasteiger partial charge in [-0.25, -0.2) is 9.78 Å². The predicted octanol–water partition coefficient (Wildman–Crippen LogP) is 1.03. The number of nitrogens with one attached hydrogen (secondary N) is 1. The van der Waals surface area contributed by atoms with Gasteiger partial charge in [-0.3, -0.25) is 4.79 Å². The molecule has 0 aliphatic carbocycles. The summed E-state index contributed by atoms with van der Waals surface area (Å²) in [6, 6.07) is 0.00484. The Labute approximate surface area is 154 Å². The molecule has 8 nitrogen and oxygen atoms in total. The molecule has 2 aliphatic heterocycles. The van der Waals surface area contributed by atoms with Crippen molar-refractivity contribution in [2.75, 3.05) is 33.7 Å². The van der Waals surface area contributed by atoms with E-state index in [1.807, 2.05) is 15.7 Å². The quantitative estimate of drug-likeness (QED) is 0.870. The molecular weight excluding hydrogens is 334 g/mol. The normalized spacial score (nSPS) is 21.6. The van der Waals surface area contributed by atoms with E-state index >= 15 is 0 Å². The van der Waals surface area contributed by atoms with Crippen LogP contribution in [0.2, 0.25) is 0 Å². The molecule has 2 aliphatic rings. The Morgan fingerprint density at radius 2 is 2.08 bits per heavy atom. The lowest BCUT2D eigenvalue weighted by molar-refractivity contribution is -0.172. The average molecular weight is 363 g/mol. The molecular formula is C18H29N5O3. The Morgan fingerprint density at radius 3 is 2.69 bits per heavy atom. The van der Waals surface area contributed by atoms with Crippen LogP contribution < -0.4 is 5.32 Å². The molecule has 3 rings (SSSR count). The van der Waals surface area contributed by atoms with Crippen LogP contribution in [-0.4, -0.2) is 71.1 Å². The summed E-state index contributed by atoms with van der Waals surface area (Å²) in [5.74, 6) is 1.17. The molecule has 1 spiro atoms. The van der Waals surface area contributed by atoms with Gasteiger partial charge in [-0.2, -0.15) is 0 Å². The SMILES string of the molecule is CC(C)CNC(=O)[C@H]1Cn2ccnc2C2(CCN(C(=O)N(C)C)CC2)O1. The second-order valence-corrected chi connectivity index (χ2v) is 7.81. The van der Waals surface area contributed by atoms with Gasteiger partial charge in [-0.05, 0) is 5.92 Å². The van der Waals surface area contributed by atoms with Crippen molar-refractivity contribution in [1.82, 2.24) is 24.7 Å². The van der Waals surface area contributed by atoms with E-state index in [-0.39, 0.29) is 11.9 Å². The van der Waals surface area contributed by atoms with Gasteiger partial charge in [0.25, 0.3) is 5.91 Å². The maximum Gasteiger partial charge on any atom is 0.319 e. The highest BCUT2D eigenvalue weighted by molar-refractivity contribution is 5.81. The van der Waals surface area contributed by atoms with Crippen molar-refractivity contribution in [3.05, 3.63) is 18.2 Å². The molecule has 26 heavy (non-hydrogen) atoms. The Kier molecular flexibility index (Phi) is 5.22. The highest BCUT2D eigenvalue weighted by Gasteiger charge is 2.47. The zero-order valence-corrected chi connectivity index (χ0v) is 16.1. The molecule has 144 valence electrons. The number of carbonyl (C=O) groups is 2. The maximum atomic E-state index is 12.6. The first-order valence-electron chi connectivity index (χ1n) is 9.26. The van der Waals surface area contributed by atoms with Crippen molar-refractivity contribution in [3.63, 3.8) is 0 Å². The second-order valence-electron chi connectivity index (χ2n) is 7.81. The van der Waals surface area contributed by atoms with Crippen molar-refractivity contribution in [1.29, 1.82) is 0 Å². The number of hydrogen-bond acceptors (Lipinski definition) is 4. The monoisotopic (exact) mass is 363 g/mol. The smallest absolute Gasteiger partial charge is 0.319 e. The second kappa shape index (κ2) is 7.26. The van der Waals surface area contributed by atoms with Crippen LogP contribution in [0.15, 0.2) is 12.4 Å². The van der Waals surface area contributed by atoms with Crippen LogP contribution in [0.1, 0.15) is 32.5 Å². The van der Waals surface area contributed by atoms with E-state index in [9.17, 15) is 9.59 Å². The number of piperidine rings is 1. The summed E-state index contributed by atoms with van der Waals surface area (Å²) < 4.78 is 8.36. The van der Waals surface area contributed by atoms with Gasteiger partial charge < -0.3 is 24.4 Å². The van der Waals surface area contributed by atoms with Gasteiger partial charge in [-0.1, -0.05) is 13.8 Å². The number of carbonyl (C=O) groups excluding carboxylic acids is 2. The Hall–Kier alpha value is -2.09. The zero-order chi connectivity index (χ0) is 18.9. The van der Waals surface area contributed by atoms with Gasteiger partial charge in [0, 0.05) is 59.0 Å². The molecule has 0 saturated carbocycles. The minimum atomic E-state index is -0.606. The number of imidazole rings is 1. The number of urea groups is 1. The minimum absolute atomic E-state index is 0.00484. The van der Waals surface area contributed by atoms with E-state index in [4.69, 9.17) is 4.74 Å². The fourth-order valence-corrected chi connectivity index (χ4v) is 3.64. The molecule has 0 radical (unpaired) electrons. The highest BCUT2D eigenvalue weighted by atomic mass is 16.5. The van der Waals surface area contributed by atoms with Gasteiger partial charge in [-0.15, -0.1) is 0 Å². The summed E-state index contributed by atoms with van der Waals surface area (Å²) in [4.78, 5) is 32.7. The molecule has 0 aromatic carbocycles. The molecule has 3 heterocycles. The minimum Gasteiger partial charge on any atom is -0.354 e. The van der Waals surface area contributed by atoms with Crippen molar-refractivity contribution in [2.24, 2.45) is 5.92 Å². The molecule has 3 amide bonds. The lowest BCUT2D eigenvalue weighted by Crippen LogP contribution is -2.55. The largest absolute Gasteiger partial charge is 0.354 e. The van der Waals surface area contributed by atoms with Crippen molar-refractivity contribution >= 4 is 11.9 Å². The highest BCUT2D eigenvalue weighted by Crippen LogP contribution is 2.40. The standard InChI is InChI=1S/C18H29N5O3/c1-13(2)11-20-15(24)14-12-23-10-7-19-16(23)18(26-14)5-8-22(9-6-18)17(25)21(3)4/h7,10,13-14H,5-6,8-9,11-12H2,1-4H3,(H,20,24)/t14-/m1/s1. The predicted molar refractivity (Wildman–Crippen MR) is 96.5 cm³/mol. The molecule has 0 unspecified atom stereocenters. The summed E-state index contributed by atoms with van der Waals surface area (Å²) in [7, 11) is 3.51. The number of fused-ring (bicyclic) bond motifs is 2. The summed E-state index contributed by atoms with van der Waals surface area (Å²) in [5, 5.41) is 2.97. The van der Waals surface area contributed by atoms with Gasteiger partial charge in [0.1, 0.15) is 11.4 Å². The number of ether oxygens (including phenoxy) is 1. The summed E-state index contributed by atoms with van der Waals surface area (Å²) >= 11 is 0. The van der Waals surface area contributed by atoms with Gasteiger partial charge in [0.15, 0.2) is 6.10 Å². The van der Waals surface area contributed by atoms with Crippen molar-refractivity contribution in [3.8, 4) is 0 Å². The first-order chi connectivity index (χ1) is 12.3. The van der Waals surface area contributed by atoms with E-state index in [2.05, 4.69) is 24.1 Å². The van der Waals surface area contributed by atoms with Crippen LogP contribution in [0, 0.1) is 5.92 Å². The van der Waals surface area contributed by atoms with Crippen LogP contribution in [-0.2, 0) is 21.7 Å². The Morgan fingerprint density at radius 1 is 1.38 bits per heavy atom. The average Bonchev–Trinajstić information content (AvgIpc) is 3.09. The van der Waals surface area contributed by atoms with Gasteiger partial charge >= 0.3 is 6.03 Å². The van der Waals surface area contributed by atoms with Crippen LogP contribution in [0.5, 0.6) is 0 Å². The summed E-state index contributed by atoms with van der Waals surface area (Å²) in [6.07, 6.45) is 4.40. The van der Waals surface area contributed by atoms with Crippen LogP contribution in [0.4, 0.5) is 4.79 Å². The molecule has 1 aromatic rings. The summed E-state index contributed by atoms with van der Waals surface area (Å²) in [6.45, 7) is 6.41. The molecule has 0 bridgehead atoms. The number of amides is 3. The molecule has 8 heteroatoms. The van der Waals surface area contributed by atoms with Crippen LogP contribution >= 0.6 is 0 Å². The fourth-order valence-electron chi connectivity index (χ4n) is 3.64. The third kappa shape index (κ3) is 3.56. The summed E-state index contributed by atoms with van der Waals surface area (Å²) in [5.41, 5.74) is -0.606.